The Labute approximate surface area is 129 Å². The van der Waals surface area contributed by atoms with Crippen LogP contribution < -0.4 is 5.73 Å². The molecule has 0 spiro atoms. The molecule has 0 aliphatic heterocycles. The van der Waals surface area contributed by atoms with Gasteiger partial charge in [0.1, 0.15) is 5.82 Å². The summed E-state index contributed by atoms with van der Waals surface area (Å²) in [4.78, 5) is 0. The fraction of sp³-hybridized carbons (Fsp3) is 0.294. The summed E-state index contributed by atoms with van der Waals surface area (Å²) in [5.74, 6) is -0.332. The van der Waals surface area contributed by atoms with Gasteiger partial charge in [-0.1, -0.05) is 48.0 Å². The van der Waals surface area contributed by atoms with Crippen molar-refractivity contribution >= 4 is 11.6 Å². The van der Waals surface area contributed by atoms with Crippen molar-refractivity contribution < 1.29 is 9.13 Å². The van der Waals surface area contributed by atoms with Crippen LogP contribution in [-0.2, 0) is 11.2 Å². The van der Waals surface area contributed by atoms with Gasteiger partial charge in [-0.3, -0.25) is 0 Å². The summed E-state index contributed by atoms with van der Waals surface area (Å²) in [7, 11) is 0. The van der Waals surface area contributed by atoms with E-state index in [2.05, 4.69) is 0 Å². The zero-order chi connectivity index (χ0) is 15.2. The first-order valence-corrected chi connectivity index (χ1v) is 7.36. The molecule has 21 heavy (non-hydrogen) atoms. The van der Waals surface area contributed by atoms with Gasteiger partial charge in [0.05, 0.1) is 6.10 Å². The summed E-state index contributed by atoms with van der Waals surface area (Å²) in [6.07, 6.45) is 0.0392. The van der Waals surface area contributed by atoms with Crippen LogP contribution in [0.4, 0.5) is 4.39 Å². The third-order valence-electron chi connectivity index (χ3n) is 3.36. The summed E-state index contributed by atoms with van der Waals surface area (Å²) in [6, 6.07) is 14.0. The van der Waals surface area contributed by atoms with Gasteiger partial charge < -0.3 is 10.5 Å². The highest BCUT2D eigenvalue weighted by molar-refractivity contribution is 6.31. The van der Waals surface area contributed by atoms with Gasteiger partial charge in [0, 0.05) is 23.2 Å². The molecule has 0 radical (unpaired) electrons. The van der Waals surface area contributed by atoms with Crippen LogP contribution in [0.3, 0.4) is 0 Å². The molecule has 0 fully saturated rings. The molecule has 0 aliphatic carbocycles. The molecule has 2 unspecified atom stereocenters. The highest BCUT2D eigenvalue weighted by Crippen LogP contribution is 2.26. The van der Waals surface area contributed by atoms with E-state index >= 15 is 0 Å². The van der Waals surface area contributed by atoms with Gasteiger partial charge in [0.2, 0.25) is 0 Å². The summed E-state index contributed by atoms with van der Waals surface area (Å²) in [5.41, 5.74) is 7.68. The second-order valence-electron chi connectivity index (χ2n) is 4.85. The summed E-state index contributed by atoms with van der Waals surface area (Å²) in [5, 5.41) is 0.397. The predicted molar refractivity (Wildman–Crippen MR) is 83.9 cm³/mol. The van der Waals surface area contributed by atoms with Crippen LogP contribution in [0.15, 0.2) is 48.5 Å². The Morgan fingerprint density at radius 2 is 1.86 bits per heavy atom. The number of hydrogen-bond acceptors (Lipinski definition) is 2. The minimum atomic E-state index is -0.373. The molecule has 0 saturated heterocycles. The molecule has 4 heteroatoms. The molecule has 0 bridgehead atoms. The number of nitrogens with two attached hydrogens (primary N) is 1. The Hall–Kier alpha value is -1.42. The highest BCUT2D eigenvalue weighted by Gasteiger charge is 2.22. The van der Waals surface area contributed by atoms with E-state index in [0.717, 1.165) is 5.56 Å². The van der Waals surface area contributed by atoms with Gasteiger partial charge in [-0.25, -0.2) is 4.39 Å². The molecule has 2 aromatic rings. The maximum absolute atomic E-state index is 13.9. The maximum atomic E-state index is 13.9. The molecule has 2 aromatic carbocycles. The Kier molecular flexibility index (Phi) is 5.74. The number of hydrogen-bond donors (Lipinski definition) is 1. The van der Waals surface area contributed by atoms with Crippen molar-refractivity contribution in [2.45, 2.75) is 25.5 Å². The van der Waals surface area contributed by atoms with Gasteiger partial charge in [0.25, 0.3) is 0 Å². The molecular weight excluding hydrogens is 289 g/mol. The Bertz CT molecular complexity index is 556. The van der Waals surface area contributed by atoms with Crippen LogP contribution >= 0.6 is 11.6 Å². The first-order valence-electron chi connectivity index (χ1n) is 6.98. The molecular formula is C17H19ClFNO. The van der Waals surface area contributed by atoms with Crippen molar-refractivity contribution in [2.24, 2.45) is 5.73 Å². The largest absolute Gasteiger partial charge is 0.372 e. The molecule has 0 heterocycles. The summed E-state index contributed by atoms with van der Waals surface area (Å²) in [6.45, 7) is 2.46. The summed E-state index contributed by atoms with van der Waals surface area (Å²) >= 11 is 6.06. The lowest BCUT2D eigenvalue weighted by molar-refractivity contribution is 0.0431. The minimum Gasteiger partial charge on any atom is -0.372 e. The van der Waals surface area contributed by atoms with Crippen molar-refractivity contribution in [3.05, 3.63) is 70.5 Å². The molecule has 2 atom stereocenters. The standard InChI is InChI=1S/C17H19ClFNO/c1-2-21-17(12-7-4-3-5-8-12)16(20)11-13-14(18)9-6-10-15(13)19/h3-10,16-17H,2,11,20H2,1H3. The quantitative estimate of drug-likeness (QED) is 0.871. The van der Waals surface area contributed by atoms with Crippen LogP contribution in [0.25, 0.3) is 0 Å². The van der Waals surface area contributed by atoms with Crippen molar-refractivity contribution in [1.29, 1.82) is 0 Å². The molecule has 0 aromatic heterocycles. The summed E-state index contributed by atoms with van der Waals surface area (Å²) < 4.78 is 19.6. The van der Waals surface area contributed by atoms with E-state index in [-0.39, 0.29) is 18.0 Å². The number of benzene rings is 2. The number of rotatable bonds is 6. The van der Waals surface area contributed by atoms with Gasteiger partial charge in [-0.2, -0.15) is 0 Å². The number of halogens is 2. The van der Waals surface area contributed by atoms with Gasteiger partial charge in [-0.05, 0) is 31.0 Å². The van der Waals surface area contributed by atoms with Crippen molar-refractivity contribution in [3.63, 3.8) is 0 Å². The lowest BCUT2D eigenvalue weighted by Crippen LogP contribution is -2.33. The monoisotopic (exact) mass is 307 g/mol. The van der Waals surface area contributed by atoms with Crippen molar-refractivity contribution in [2.75, 3.05) is 6.61 Å². The molecule has 2 N–H and O–H groups in total. The smallest absolute Gasteiger partial charge is 0.127 e. The average molecular weight is 308 g/mol. The molecule has 0 amide bonds. The van der Waals surface area contributed by atoms with E-state index in [1.807, 2.05) is 37.3 Å². The Morgan fingerprint density at radius 3 is 2.48 bits per heavy atom. The number of ether oxygens (including phenoxy) is 1. The van der Waals surface area contributed by atoms with Crippen molar-refractivity contribution in [3.8, 4) is 0 Å². The van der Waals surface area contributed by atoms with Crippen LogP contribution in [0.1, 0.15) is 24.2 Å². The molecule has 0 saturated carbocycles. The Balaban J connectivity index is 2.21. The topological polar surface area (TPSA) is 35.2 Å². The lowest BCUT2D eigenvalue weighted by Gasteiger charge is -2.25. The molecule has 0 aliphatic rings. The fourth-order valence-corrected chi connectivity index (χ4v) is 2.60. The first kappa shape index (κ1) is 16.0. The highest BCUT2D eigenvalue weighted by atomic mass is 35.5. The van der Waals surface area contributed by atoms with E-state index in [1.54, 1.807) is 12.1 Å². The fourth-order valence-electron chi connectivity index (χ4n) is 2.36. The molecule has 2 nitrogen and oxygen atoms in total. The Morgan fingerprint density at radius 1 is 1.14 bits per heavy atom. The van der Waals surface area contributed by atoms with Gasteiger partial charge >= 0.3 is 0 Å². The SMILES string of the molecule is CCOC(c1ccccc1)C(N)Cc1c(F)cccc1Cl. The third kappa shape index (κ3) is 4.03. The van der Waals surface area contributed by atoms with Gasteiger partial charge in [-0.15, -0.1) is 0 Å². The predicted octanol–water partition coefficient (Wildman–Crippen LogP) is 4.13. The third-order valence-corrected chi connectivity index (χ3v) is 3.72. The van der Waals surface area contributed by atoms with E-state index in [4.69, 9.17) is 22.1 Å². The lowest BCUT2D eigenvalue weighted by atomic mass is 9.96. The average Bonchev–Trinajstić information content (AvgIpc) is 2.49. The second-order valence-corrected chi connectivity index (χ2v) is 5.26. The van der Waals surface area contributed by atoms with E-state index in [9.17, 15) is 4.39 Å². The van der Waals surface area contributed by atoms with Crippen LogP contribution in [0.5, 0.6) is 0 Å². The van der Waals surface area contributed by atoms with Crippen LogP contribution in [0, 0.1) is 5.82 Å². The first-order chi connectivity index (χ1) is 10.1. The minimum absolute atomic E-state index is 0.285. The van der Waals surface area contributed by atoms with E-state index < -0.39 is 0 Å². The van der Waals surface area contributed by atoms with Crippen molar-refractivity contribution in [1.82, 2.24) is 0 Å². The molecule has 112 valence electrons. The zero-order valence-electron chi connectivity index (χ0n) is 11.9. The second kappa shape index (κ2) is 7.55. The molecule has 2 rings (SSSR count). The van der Waals surface area contributed by atoms with Crippen LogP contribution in [0.2, 0.25) is 5.02 Å². The maximum Gasteiger partial charge on any atom is 0.127 e. The van der Waals surface area contributed by atoms with Crippen LogP contribution in [-0.4, -0.2) is 12.6 Å². The van der Waals surface area contributed by atoms with Gasteiger partial charge in [0.15, 0.2) is 0 Å². The zero-order valence-corrected chi connectivity index (χ0v) is 12.7. The van der Waals surface area contributed by atoms with E-state index in [0.29, 0.717) is 23.6 Å². The normalized spacial score (nSPS) is 13.9. The van der Waals surface area contributed by atoms with E-state index in [1.165, 1.54) is 6.07 Å².